The van der Waals surface area contributed by atoms with Crippen molar-refractivity contribution in [2.45, 2.75) is 19.8 Å². The minimum Gasteiger partial charge on any atom is -0.324 e. The smallest absolute Gasteiger partial charge is 0.323 e. The number of likely N-dealkylation sites (tertiary alicyclic amines) is 1. The van der Waals surface area contributed by atoms with Gasteiger partial charge >= 0.3 is 6.03 Å². The predicted octanol–water partition coefficient (Wildman–Crippen LogP) is 1.66. The van der Waals surface area contributed by atoms with Gasteiger partial charge in [0.2, 0.25) is 0 Å². The van der Waals surface area contributed by atoms with Crippen molar-refractivity contribution in [3.05, 3.63) is 23.9 Å². The maximum atomic E-state index is 12.1. The third-order valence-electron chi connectivity index (χ3n) is 3.37. The van der Waals surface area contributed by atoms with Gasteiger partial charge in [-0.25, -0.2) is 9.78 Å². The lowest BCUT2D eigenvalue weighted by atomic mass is 10.00. The number of aromatic nitrogens is 1. The van der Waals surface area contributed by atoms with Crippen molar-refractivity contribution in [3.63, 3.8) is 0 Å². The fraction of sp³-hybridized carbons (Fsp3) is 0.467. The van der Waals surface area contributed by atoms with Crippen molar-refractivity contribution < 1.29 is 4.79 Å². The number of hydrogen-bond acceptors (Lipinski definition) is 3. The highest BCUT2D eigenvalue weighted by molar-refractivity contribution is 5.88. The van der Waals surface area contributed by atoms with E-state index in [1.54, 1.807) is 12.1 Å². The highest BCUT2D eigenvalue weighted by Gasteiger charge is 2.20. The van der Waals surface area contributed by atoms with Crippen LogP contribution in [-0.2, 0) is 0 Å². The van der Waals surface area contributed by atoms with Crippen molar-refractivity contribution >= 4 is 11.8 Å². The largest absolute Gasteiger partial charge is 0.324 e. The Morgan fingerprint density at radius 1 is 1.50 bits per heavy atom. The fourth-order valence-electron chi connectivity index (χ4n) is 2.12. The Balaban J connectivity index is 1.97. The molecular weight excluding hydrogens is 252 g/mol. The van der Waals surface area contributed by atoms with Crippen LogP contribution in [0.2, 0.25) is 0 Å². The molecule has 0 radical (unpaired) electrons. The van der Waals surface area contributed by atoms with Crippen LogP contribution in [0.4, 0.5) is 10.6 Å². The molecule has 1 fully saturated rings. The third kappa shape index (κ3) is 3.97. The zero-order valence-corrected chi connectivity index (χ0v) is 11.7. The molecule has 0 saturated carbocycles. The fourth-order valence-corrected chi connectivity index (χ4v) is 2.12. The summed E-state index contributed by atoms with van der Waals surface area (Å²) in [4.78, 5) is 18.2. The number of piperidine rings is 1. The topological polar surface area (TPSA) is 71.2 Å². The maximum absolute atomic E-state index is 12.1. The Morgan fingerprint density at radius 3 is 2.95 bits per heavy atom. The zero-order valence-electron chi connectivity index (χ0n) is 11.7. The molecule has 1 saturated heterocycles. The molecule has 1 aliphatic heterocycles. The number of carbonyl (C=O) groups is 1. The van der Waals surface area contributed by atoms with Gasteiger partial charge in [-0.3, -0.25) is 5.32 Å². The van der Waals surface area contributed by atoms with Crippen molar-refractivity contribution in [3.8, 4) is 11.8 Å². The quantitative estimate of drug-likeness (QED) is 0.764. The van der Waals surface area contributed by atoms with Crippen LogP contribution in [0.25, 0.3) is 0 Å². The van der Waals surface area contributed by atoms with Crippen LogP contribution < -0.4 is 11.1 Å². The Morgan fingerprint density at radius 2 is 2.25 bits per heavy atom. The standard InChI is InChI=1S/C15H20N4O/c1-12-7-10-19(11-8-12)15(20)18-14-6-2-4-13(17-14)5-3-9-16/h2,4,6,12H,7-11,16H2,1H3,(H,17,18,20). The van der Waals surface area contributed by atoms with Crippen molar-refractivity contribution in [1.82, 2.24) is 9.88 Å². The Labute approximate surface area is 119 Å². The van der Waals surface area contributed by atoms with Crippen LogP contribution in [-0.4, -0.2) is 35.5 Å². The molecule has 0 aromatic carbocycles. The van der Waals surface area contributed by atoms with Crippen molar-refractivity contribution in [1.29, 1.82) is 0 Å². The predicted molar refractivity (Wildman–Crippen MR) is 79.2 cm³/mol. The van der Waals surface area contributed by atoms with Crippen LogP contribution >= 0.6 is 0 Å². The zero-order chi connectivity index (χ0) is 14.4. The van der Waals surface area contributed by atoms with Gasteiger partial charge in [0.05, 0.1) is 6.54 Å². The summed E-state index contributed by atoms with van der Waals surface area (Å²) in [6, 6.07) is 5.29. The van der Waals surface area contributed by atoms with Crippen LogP contribution in [0, 0.1) is 17.8 Å². The highest BCUT2D eigenvalue weighted by Crippen LogP contribution is 2.16. The second-order valence-corrected chi connectivity index (χ2v) is 5.01. The van der Waals surface area contributed by atoms with E-state index >= 15 is 0 Å². The first kappa shape index (κ1) is 14.4. The van der Waals surface area contributed by atoms with Crippen LogP contribution in [0.1, 0.15) is 25.5 Å². The molecule has 2 heterocycles. The molecule has 0 spiro atoms. The number of nitrogens with zero attached hydrogens (tertiary/aromatic N) is 2. The summed E-state index contributed by atoms with van der Waals surface area (Å²) in [5.41, 5.74) is 5.94. The summed E-state index contributed by atoms with van der Waals surface area (Å²) in [5, 5.41) is 2.82. The molecule has 1 aliphatic rings. The normalized spacial score (nSPS) is 15.4. The minimum absolute atomic E-state index is 0.0895. The van der Waals surface area contributed by atoms with Crippen molar-refractivity contribution in [2.24, 2.45) is 11.7 Å². The number of urea groups is 1. The van der Waals surface area contributed by atoms with Gasteiger partial charge in [-0.2, -0.15) is 0 Å². The molecule has 5 nitrogen and oxygen atoms in total. The van der Waals surface area contributed by atoms with Gasteiger partial charge in [-0.15, -0.1) is 0 Å². The van der Waals surface area contributed by atoms with E-state index in [-0.39, 0.29) is 6.03 Å². The summed E-state index contributed by atoms with van der Waals surface area (Å²) >= 11 is 0. The van der Waals surface area contributed by atoms with Gasteiger partial charge in [0, 0.05) is 13.1 Å². The Bertz CT molecular complexity index is 524. The summed E-state index contributed by atoms with van der Waals surface area (Å²) in [6.07, 6.45) is 2.12. The van der Waals surface area contributed by atoms with Gasteiger partial charge in [0.25, 0.3) is 0 Å². The van der Waals surface area contributed by atoms with E-state index in [0.29, 0.717) is 24.0 Å². The van der Waals surface area contributed by atoms with Gasteiger partial charge in [-0.1, -0.05) is 18.9 Å². The average molecular weight is 272 g/mol. The molecule has 2 rings (SSSR count). The number of carbonyl (C=O) groups excluding carboxylic acids is 1. The number of amides is 2. The summed E-state index contributed by atoms with van der Waals surface area (Å²) in [6.45, 7) is 4.12. The first-order chi connectivity index (χ1) is 9.69. The van der Waals surface area contributed by atoms with Gasteiger partial charge < -0.3 is 10.6 Å². The van der Waals surface area contributed by atoms with Gasteiger partial charge in [0.1, 0.15) is 11.5 Å². The first-order valence-corrected chi connectivity index (χ1v) is 6.91. The molecule has 0 unspecified atom stereocenters. The molecule has 1 aromatic heterocycles. The van der Waals surface area contributed by atoms with E-state index in [4.69, 9.17) is 5.73 Å². The molecule has 0 bridgehead atoms. The SMILES string of the molecule is CC1CCN(C(=O)Nc2cccc(C#CCN)n2)CC1. The Hall–Kier alpha value is -2.06. The number of nitrogens with two attached hydrogens (primary N) is 1. The van der Waals surface area contributed by atoms with E-state index in [1.807, 2.05) is 11.0 Å². The van der Waals surface area contributed by atoms with Crippen molar-refractivity contribution in [2.75, 3.05) is 25.0 Å². The molecule has 0 atom stereocenters. The second kappa shape index (κ2) is 6.92. The lowest BCUT2D eigenvalue weighted by Crippen LogP contribution is -2.40. The summed E-state index contributed by atoms with van der Waals surface area (Å²) in [7, 11) is 0. The monoisotopic (exact) mass is 272 g/mol. The van der Waals surface area contributed by atoms with E-state index in [1.165, 1.54) is 0 Å². The highest BCUT2D eigenvalue weighted by atomic mass is 16.2. The summed E-state index contributed by atoms with van der Waals surface area (Å²) < 4.78 is 0. The molecule has 106 valence electrons. The molecule has 1 aromatic rings. The van der Waals surface area contributed by atoms with E-state index in [2.05, 4.69) is 29.1 Å². The first-order valence-electron chi connectivity index (χ1n) is 6.91. The lowest BCUT2D eigenvalue weighted by molar-refractivity contribution is 0.186. The lowest BCUT2D eigenvalue weighted by Gasteiger charge is -2.30. The molecule has 0 aliphatic carbocycles. The number of rotatable bonds is 1. The van der Waals surface area contributed by atoms with Gasteiger partial charge in [0.15, 0.2) is 0 Å². The Kier molecular flexibility index (Phi) is 4.97. The third-order valence-corrected chi connectivity index (χ3v) is 3.37. The second-order valence-electron chi connectivity index (χ2n) is 5.01. The molecular formula is C15H20N4O. The average Bonchev–Trinajstić information content (AvgIpc) is 2.46. The van der Waals surface area contributed by atoms with Gasteiger partial charge in [-0.05, 0) is 36.8 Å². The van der Waals surface area contributed by atoms with Crippen LogP contribution in [0.5, 0.6) is 0 Å². The summed E-state index contributed by atoms with van der Waals surface area (Å²) in [5.74, 6) is 6.82. The number of anilines is 1. The number of hydrogen-bond donors (Lipinski definition) is 2. The molecule has 5 heteroatoms. The van der Waals surface area contributed by atoms with E-state index in [0.717, 1.165) is 25.9 Å². The molecule has 20 heavy (non-hydrogen) atoms. The molecule has 3 N–H and O–H groups in total. The maximum Gasteiger partial charge on any atom is 0.323 e. The molecule has 2 amide bonds. The minimum atomic E-state index is -0.0895. The van der Waals surface area contributed by atoms with Crippen LogP contribution in [0.15, 0.2) is 18.2 Å². The number of nitrogens with one attached hydrogen (secondary N) is 1. The van der Waals surface area contributed by atoms with E-state index in [9.17, 15) is 4.79 Å². The van der Waals surface area contributed by atoms with E-state index < -0.39 is 0 Å². The van der Waals surface area contributed by atoms with Crippen LogP contribution in [0.3, 0.4) is 0 Å². The number of pyridine rings is 1.